The SMILES string of the molecule is CCC(CSC)NC(=O)n1ccnc1. The molecule has 1 amide bonds. The van der Waals surface area contributed by atoms with Gasteiger partial charge in [0.15, 0.2) is 0 Å². The predicted molar refractivity (Wildman–Crippen MR) is 58.6 cm³/mol. The number of rotatable bonds is 4. The minimum Gasteiger partial charge on any atom is -0.334 e. The van der Waals surface area contributed by atoms with Crippen molar-refractivity contribution in [3.8, 4) is 0 Å². The molecule has 0 aliphatic heterocycles. The molecule has 0 aliphatic rings. The molecule has 1 unspecified atom stereocenters. The summed E-state index contributed by atoms with van der Waals surface area (Å²) in [5.41, 5.74) is 0. The van der Waals surface area contributed by atoms with Crippen LogP contribution in [-0.4, -0.2) is 33.6 Å². The summed E-state index contributed by atoms with van der Waals surface area (Å²) >= 11 is 1.73. The Morgan fingerprint density at radius 1 is 1.71 bits per heavy atom. The maximum atomic E-state index is 11.6. The van der Waals surface area contributed by atoms with Crippen LogP contribution < -0.4 is 5.32 Å². The fourth-order valence-electron chi connectivity index (χ4n) is 1.09. The van der Waals surface area contributed by atoms with Crippen LogP contribution in [0.4, 0.5) is 4.79 Å². The third kappa shape index (κ3) is 3.06. The molecule has 0 saturated heterocycles. The number of imidazole rings is 1. The Bertz CT molecular complexity index is 274. The van der Waals surface area contributed by atoms with E-state index in [0.717, 1.165) is 12.2 Å². The molecule has 0 radical (unpaired) electrons. The van der Waals surface area contributed by atoms with Crippen LogP contribution in [-0.2, 0) is 0 Å². The molecule has 5 heteroatoms. The normalized spacial score (nSPS) is 12.4. The van der Waals surface area contributed by atoms with Crippen LogP contribution in [0.3, 0.4) is 0 Å². The molecule has 0 aromatic carbocycles. The quantitative estimate of drug-likeness (QED) is 0.826. The minimum absolute atomic E-state index is 0.108. The first-order chi connectivity index (χ1) is 6.77. The summed E-state index contributed by atoms with van der Waals surface area (Å²) in [6.07, 6.45) is 7.71. The molecule has 14 heavy (non-hydrogen) atoms. The zero-order valence-electron chi connectivity index (χ0n) is 8.43. The van der Waals surface area contributed by atoms with Gasteiger partial charge in [0.05, 0.1) is 0 Å². The molecule has 1 aromatic rings. The standard InChI is InChI=1S/C9H15N3OS/c1-3-8(6-14-2)11-9(13)12-5-4-10-7-12/h4-5,7-8H,3,6H2,1-2H3,(H,11,13). The molecule has 4 nitrogen and oxygen atoms in total. The van der Waals surface area contributed by atoms with Gasteiger partial charge in [0.1, 0.15) is 6.33 Å². The summed E-state index contributed by atoms with van der Waals surface area (Å²) in [6.45, 7) is 2.06. The maximum Gasteiger partial charge on any atom is 0.327 e. The lowest BCUT2D eigenvalue weighted by atomic mass is 10.3. The third-order valence-electron chi connectivity index (χ3n) is 1.93. The lowest BCUT2D eigenvalue weighted by Gasteiger charge is -2.15. The minimum atomic E-state index is -0.108. The molecule has 1 aromatic heterocycles. The first kappa shape index (κ1) is 11.1. The largest absolute Gasteiger partial charge is 0.334 e. The Morgan fingerprint density at radius 3 is 3.00 bits per heavy atom. The number of aromatic nitrogens is 2. The highest BCUT2D eigenvalue weighted by Crippen LogP contribution is 2.01. The number of nitrogens with zero attached hydrogens (tertiary/aromatic N) is 2. The summed E-state index contributed by atoms with van der Waals surface area (Å²) in [4.78, 5) is 15.4. The van der Waals surface area contributed by atoms with Gasteiger partial charge in [-0.3, -0.25) is 4.57 Å². The number of carbonyl (C=O) groups excluding carboxylic acids is 1. The van der Waals surface area contributed by atoms with Gasteiger partial charge in [-0.05, 0) is 12.7 Å². The number of hydrogen-bond donors (Lipinski definition) is 1. The fraction of sp³-hybridized carbons (Fsp3) is 0.556. The van der Waals surface area contributed by atoms with Crippen molar-refractivity contribution in [1.29, 1.82) is 0 Å². The first-order valence-electron chi connectivity index (χ1n) is 4.55. The van der Waals surface area contributed by atoms with Crippen molar-refractivity contribution in [2.75, 3.05) is 12.0 Å². The average molecular weight is 213 g/mol. The molecule has 0 aliphatic carbocycles. The van der Waals surface area contributed by atoms with Crippen LogP contribution in [0.2, 0.25) is 0 Å². The molecule has 78 valence electrons. The lowest BCUT2D eigenvalue weighted by molar-refractivity contribution is 0.239. The van der Waals surface area contributed by atoms with E-state index in [2.05, 4.69) is 17.2 Å². The van der Waals surface area contributed by atoms with E-state index in [1.165, 1.54) is 10.9 Å². The molecular formula is C9H15N3OS. The van der Waals surface area contributed by atoms with Crippen molar-refractivity contribution in [3.63, 3.8) is 0 Å². The Labute approximate surface area is 88.1 Å². The van der Waals surface area contributed by atoms with Crippen LogP contribution >= 0.6 is 11.8 Å². The van der Waals surface area contributed by atoms with E-state index in [4.69, 9.17) is 0 Å². The number of amides is 1. The lowest BCUT2D eigenvalue weighted by Crippen LogP contribution is -2.38. The van der Waals surface area contributed by atoms with Crippen LogP contribution in [0.1, 0.15) is 13.3 Å². The number of carbonyl (C=O) groups is 1. The Balaban J connectivity index is 2.47. The van der Waals surface area contributed by atoms with Crippen LogP contribution in [0, 0.1) is 0 Å². The molecule has 1 heterocycles. The van der Waals surface area contributed by atoms with E-state index in [0.29, 0.717) is 0 Å². The average Bonchev–Trinajstić information content (AvgIpc) is 2.69. The number of hydrogen-bond acceptors (Lipinski definition) is 3. The zero-order chi connectivity index (χ0) is 10.4. The summed E-state index contributed by atoms with van der Waals surface area (Å²) in [7, 11) is 0. The van der Waals surface area contributed by atoms with Crippen molar-refractivity contribution < 1.29 is 4.79 Å². The first-order valence-corrected chi connectivity index (χ1v) is 5.95. The van der Waals surface area contributed by atoms with E-state index >= 15 is 0 Å². The van der Waals surface area contributed by atoms with Gasteiger partial charge in [0.25, 0.3) is 0 Å². The van der Waals surface area contributed by atoms with Gasteiger partial charge < -0.3 is 5.32 Å². The summed E-state index contributed by atoms with van der Waals surface area (Å²) < 4.78 is 1.45. The second kappa shape index (κ2) is 5.70. The second-order valence-electron chi connectivity index (χ2n) is 2.98. The molecule has 1 atom stereocenters. The summed E-state index contributed by atoms with van der Waals surface area (Å²) in [5, 5.41) is 2.93. The fourth-order valence-corrected chi connectivity index (χ4v) is 1.81. The smallest absolute Gasteiger partial charge is 0.327 e. The Hall–Kier alpha value is -0.970. The van der Waals surface area contributed by atoms with Crippen molar-refractivity contribution in [2.45, 2.75) is 19.4 Å². The summed E-state index contributed by atoms with van der Waals surface area (Å²) in [5.74, 6) is 0.941. The topological polar surface area (TPSA) is 46.9 Å². The highest BCUT2D eigenvalue weighted by Gasteiger charge is 2.10. The van der Waals surface area contributed by atoms with E-state index in [-0.39, 0.29) is 12.1 Å². The van der Waals surface area contributed by atoms with Gasteiger partial charge in [-0.25, -0.2) is 9.78 Å². The van der Waals surface area contributed by atoms with Gasteiger partial charge >= 0.3 is 6.03 Å². The van der Waals surface area contributed by atoms with E-state index in [1.54, 1.807) is 24.2 Å². The van der Waals surface area contributed by atoms with Crippen molar-refractivity contribution in [3.05, 3.63) is 18.7 Å². The van der Waals surface area contributed by atoms with Crippen molar-refractivity contribution >= 4 is 17.8 Å². The van der Waals surface area contributed by atoms with E-state index in [1.807, 2.05) is 6.26 Å². The maximum absolute atomic E-state index is 11.6. The van der Waals surface area contributed by atoms with E-state index < -0.39 is 0 Å². The molecule has 0 saturated carbocycles. The zero-order valence-corrected chi connectivity index (χ0v) is 9.25. The number of nitrogens with one attached hydrogen (secondary N) is 1. The third-order valence-corrected chi connectivity index (χ3v) is 2.66. The highest BCUT2D eigenvalue weighted by atomic mass is 32.2. The van der Waals surface area contributed by atoms with Gasteiger partial charge in [-0.15, -0.1) is 0 Å². The molecular weight excluding hydrogens is 198 g/mol. The van der Waals surface area contributed by atoms with Gasteiger partial charge in [-0.2, -0.15) is 11.8 Å². The van der Waals surface area contributed by atoms with Crippen molar-refractivity contribution in [1.82, 2.24) is 14.9 Å². The second-order valence-corrected chi connectivity index (χ2v) is 3.89. The van der Waals surface area contributed by atoms with Crippen LogP contribution in [0.5, 0.6) is 0 Å². The highest BCUT2D eigenvalue weighted by molar-refractivity contribution is 7.98. The van der Waals surface area contributed by atoms with E-state index in [9.17, 15) is 4.79 Å². The van der Waals surface area contributed by atoms with Gasteiger partial charge in [0, 0.05) is 24.2 Å². The molecule has 0 bridgehead atoms. The van der Waals surface area contributed by atoms with Gasteiger partial charge in [-0.1, -0.05) is 6.92 Å². The Morgan fingerprint density at radius 2 is 2.50 bits per heavy atom. The molecule has 1 rings (SSSR count). The molecule has 1 N–H and O–H groups in total. The Kier molecular flexibility index (Phi) is 4.52. The predicted octanol–water partition coefficient (Wildman–Crippen LogP) is 1.58. The van der Waals surface area contributed by atoms with Gasteiger partial charge in [0.2, 0.25) is 0 Å². The van der Waals surface area contributed by atoms with Crippen LogP contribution in [0.15, 0.2) is 18.7 Å². The van der Waals surface area contributed by atoms with Crippen LogP contribution in [0.25, 0.3) is 0 Å². The molecule has 0 fully saturated rings. The monoisotopic (exact) mass is 213 g/mol. The molecule has 0 spiro atoms. The number of thioether (sulfide) groups is 1. The van der Waals surface area contributed by atoms with Crippen molar-refractivity contribution in [2.24, 2.45) is 0 Å². The summed E-state index contributed by atoms with van der Waals surface area (Å²) in [6, 6.07) is 0.128.